The van der Waals surface area contributed by atoms with Crippen molar-refractivity contribution in [2.75, 3.05) is 13.2 Å². The minimum Gasteiger partial charge on any atom is -0.461 e. The maximum Gasteiger partial charge on any atom is 0.356 e. The SMILES string of the molecule is CCOC(=O)c1cc(-c2ccc(Cl)cc2F)c2c(n1)CNCC2.Cl. The average Bonchev–Trinajstić information content (AvgIpc) is 2.54. The van der Waals surface area contributed by atoms with E-state index >= 15 is 0 Å². The molecular weight excluding hydrogens is 354 g/mol. The van der Waals surface area contributed by atoms with Crippen LogP contribution in [-0.2, 0) is 17.7 Å². The lowest BCUT2D eigenvalue weighted by atomic mass is 9.93. The van der Waals surface area contributed by atoms with Crippen molar-refractivity contribution < 1.29 is 13.9 Å². The molecule has 128 valence electrons. The van der Waals surface area contributed by atoms with Gasteiger partial charge < -0.3 is 10.1 Å². The Morgan fingerprint density at radius 3 is 2.88 bits per heavy atom. The van der Waals surface area contributed by atoms with Crippen molar-refractivity contribution >= 4 is 30.0 Å². The molecule has 2 aromatic rings. The van der Waals surface area contributed by atoms with Crippen molar-refractivity contribution in [2.24, 2.45) is 0 Å². The van der Waals surface area contributed by atoms with Crippen molar-refractivity contribution in [1.82, 2.24) is 10.3 Å². The number of carbonyl (C=O) groups is 1. The first-order valence-corrected chi connectivity index (χ1v) is 7.84. The van der Waals surface area contributed by atoms with Crippen LogP contribution in [0, 0.1) is 5.82 Å². The van der Waals surface area contributed by atoms with Gasteiger partial charge in [0.05, 0.1) is 12.3 Å². The van der Waals surface area contributed by atoms with Gasteiger partial charge in [0.1, 0.15) is 11.5 Å². The molecule has 1 aromatic carbocycles. The summed E-state index contributed by atoms with van der Waals surface area (Å²) in [5.74, 6) is -0.921. The number of hydrogen-bond acceptors (Lipinski definition) is 4. The van der Waals surface area contributed by atoms with E-state index in [4.69, 9.17) is 16.3 Å². The number of rotatable bonds is 3. The Hall–Kier alpha value is -1.69. The smallest absolute Gasteiger partial charge is 0.356 e. The van der Waals surface area contributed by atoms with Crippen LogP contribution in [0.5, 0.6) is 0 Å². The molecule has 3 rings (SSSR count). The van der Waals surface area contributed by atoms with Crippen LogP contribution in [0.25, 0.3) is 11.1 Å². The standard InChI is InChI=1S/C17H16ClFN2O2.ClH/c1-2-23-17(22)15-8-13(11-4-3-10(18)7-14(11)19)12-5-6-20-9-16(12)21-15;/h3-4,7-8,20H,2,5-6,9H2,1H3;1H. The molecular formula is C17H17Cl2FN2O2. The Morgan fingerprint density at radius 2 is 2.17 bits per heavy atom. The van der Waals surface area contributed by atoms with Gasteiger partial charge in [0.25, 0.3) is 0 Å². The first-order chi connectivity index (χ1) is 11.1. The van der Waals surface area contributed by atoms with Gasteiger partial charge in [0, 0.05) is 17.1 Å². The van der Waals surface area contributed by atoms with Gasteiger partial charge in [-0.1, -0.05) is 11.6 Å². The Labute approximate surface area is 150 Å². The van der Waals surface area contributed by atoms with Crippen molar-refractivity contribution in [1.29, 1.82) is 0 Å². The molecule has 0 amide bonds. The van der Waals surface area contributed by atoms with E-state index in [2.05, 4.69) is 10.3 Å². The zero-order chi connectivity index (χ0) is 16.4. The van der Waals surface area contributed by atoms with E-state index in [0.717, 1.165) is 24.2 Å². The summed E-state index contributed by atoms with van der Waals surface area (Å²) < 4.78 is 19.4. The molecule has 1 aliphatic rings. The summed E-state index contributed by atoms with van der Waals surface area (Å²) in [7, 11) is 0. The van der Waals surface area contributed by atoms with E-state index in [-0.39, 0.29) is 24.7 Å². The van der Waals surface area contributed by atoms with Crippen molar-refractivity contribution in [3.8, 4) is 11.1 Å². The number of ether oxygens (including phenoxy) is 1. The van der Waals surface area contributed by atoms with Crippen molar-refractivity contribution in [2.45, 2.75) is 19.9 Å². The number of esters is 1. The Kier molecular flexibility index (Phi) is 6.15. The normalized spacial score (nSPS) is 13.0. The zero-order valence-electron chi connectivity index (χ0n) is 13.1. The molecule has 0 saturated heterocycles. The molecule has 1 N–H and O–H groups in total. The van der Waals surface area contributed by atoms with Crippen LogP contribution in [-0.4, -0.2) is 24.1 Å². The van der Waals surface area contributed by atoms with E-state index < -0.39 is 11.8 Å². The number of benzene rings is 1. The second-order valence-corrected chi connectivity index (χ2v) is 5.69. The van der Waals surface area contributed by atoms with E-state index in [1.807, 2.05) is 0 Å². The molecule has 0 unspecified atom stereocenters. The average molecular weight is 371 g/mol. The Morgan fingerprint density at radius 1 is 1.38 bits per heavy atom. The van der Waals surface area contributed by atoms with Gasteiger partial charge >= 0.3 is 5.97 Å². The number of carbonyl (C=O) groups excluding carboxylic acids is 1. The lowest BCUT2D eigenvalue weighted by molar-refractivity contribution is 0.0519. The second kappa shape index (κ2) is 7.92. The number of hydrogen-bond donors (Lipinski definition) is 1. The molecule has 1 aliphatic heterocycles. The first kappa shape index (κ1) is 18.6. The predicted molar refractivity (Wildman–Crippen MR) is 93.3 cm³/mol. The van der Waals surface area contributed by atoms with Crippen LogP contribution in [0.15, 0.2) is 24.3 Å². The molecule has 2 heterocycles. The Balaban J connectivity index is 0.00000208. The third-order valence-electron chi connectivity index (χ3n) is 3.76. The highest BCUT2D eigenvalue weighted by atomic mass is 35.5. The number of aromatic nitrogens is 1. The number of pyridine rings is 1. The third-order valence-corrected chi connectivity index (χ3v) is 4.00. The van der Waals surface area contributed by atoms with Gasteiger partial charge in [0.2, 0.25) is 0 Å². The highest BCUT2D eigenvalue weighted by molar-refractivity contribution is 6.30. The number of nitrogens with one attached hydrogen (secondary N) is 1. The van der Waals surface area contributed by atoms with Crippen LogP contribution >= 0.6 is 24.0 Å². The molecule has 24 heavy (non-hydrogen) atoms. The monoisotopic (exact) mass is 370 g/mol. The highest BCUT2D eigenvalue weighted by Crippen LogP contribution is 2.32. The summed E-state index contributed by atoms with van der Waals surface area (Å²) in [6.45, 7) is 3.33. The topological polar surface area (TPSA) is 51.2 Å². The fourth-order valence-electron chi connectivity index (χ4n) is 2.73. The van der Waals surface area contributed by atoms with Gasteiger partial charge in [-0.25, -0.2) is 14.2 Å². The minimum atomic E-state index is -0.503. The first-order valence-electron chi connectivity index (χ1n) is 7.46. The van der Waals surface area contributed by atoms with E-state index in [9.17, 15) is 9.18 Å². The summed E-state index contributed by atoms with van der Waals surface area (Å²) >= 11 is 5.83. The molecule has 0 aliphatic carbocycles. The molecule has 0 radical (unpaired) electrons. The van der Waals surface area contributed by atoms with Crippen LogP contribution in [0.1, 0.15) is 28.7 Å². The summed E-state index contributed by atoms with van der Waals surface area (Å²) in [5.41, 5.74) is 3.00. The molecule has 0 saturated carbocycles. The Bertz CT molecular complexity index is 768. The van der Waals surface area contributed by atoms with E-state index in [1.165, 1.54) is 6.07 Å². The van der Waals surface area contributed by atoms with Gasteiger partial charge in [-0.3, -0.25) is 0 Å². The number of nitrogens with zero attached hydrogens (tertiary/aromatic N) is 1. The fraction of sp³-hybridized carbons (Fsp3) is 0.294. The fourth-order valence-corrected chi connectivity index (χ4v) is 2.89. The van der Waals surface area contributed by atoms with Crippen LogP contribution < -0.4 is 5.32 Å². The summed E-state index contributed by atoms with van der Waals surface area (Å²) in [4.78, 5) is 16.4. The molecule has 1 aromatic heterocycles. The van der Waals surface area contributed by atoms with Crippen molar-refractivity contribution in [3.05, 3.63) is 52.1 Å². The van der Waals surface area contributed by atoms with E-state index in [1.54, 1.807) is 25.1 Å². The summed E-state index contributed by atoms with van der Waals surface area (Å²) in [6.07, 6.45) is 0.725. The molecule has 7 heteroatoms. The minimum absolute atomic E-state index is 0. The largest absolute Gasteiger partial charge is 0.461 e. The lowest BCUT2D eigenvalue weighted by Crippen LogP contribution is -2.26. The quantitative estimate of drug-likeness (QED) is 0.835. The van der Waals surface area contributed by atoms with Gasteiger partial charge in [-0.2, -0.15) is 0 Å². The van der Waals surface area contributed by atoms with Crippen molar-refractivity contribution in [3.63, 3.8) is 0 Å². The molecule has 4 nitrogen and oxygen atoms in total. The summed E-state index contributed by atoms with van der Waals surface area (Å²) in [6, 6.07) is 6.14. The van der Waals surface area contributed by atoms with Gasteiger partial charge in [0.15, 0.2) is 0 Å². The maximum absolute atomic E-state index is 14.4. The number of fused-ring (bicyclic) bond motifs is 1. The predicted octanol–water partition coefficient (Wildman–Crippen LogP) is 3.79. The second-order valence-electron chi connectivity index (χ2n) is 5.25. The van der Waals surface area contributed by atoms with E-state index in [0.29, 0.717) is 22.7 Å². The van der Waals surface area contributed by atoms with Crippen LogP contribution in [0.3, 0.4) is 0 Å². The molecule has 0 bridgehead atoms. The molecule has 0 atom stereocenters. The van der Waals surface area contributed by atoms with Gasteiger partial charge in [-0.15, -0.1) is 12.4 Å². The number of halogens is 3. The molecule has 0 spiro atoms. The van der Waals surface area contributed by atoms with Gasteiger partial charge in [-0.05, 0) is 55.3 Å². The highest BCUT2D eigenvalue weighted by Gasteiger charge is 2.21. The maximum atomic E-state index is 14.4. The van der Waals surface area contributed by atoms with Crippen LogP contribution in [0.2, 0.25) is 5.02 Å². The van der Waals surface area contributed by atoms with Crippen LogP contribution in [0.4, 0.5) is 4.39 Å². The zero-order valence-corrected chi connectivity index (χ0v) is 14.6. The molecule has 0 fully saturated rings. The third kappa shape index (κ3) is 3.69. The summed E-state index contributed by atoms with van der Waals surface area (Å²) in [5, 5.41) is 3.55. The lowest BCUT2D eigenvalue weighted by Gasteiger charge is -2.21.